The van der Waals surface area contributed by atoms with Crippen LogP contribution in [0.15, 0.2) is 42.7 Å². The summed E-state index contributed by atoms with van der Waals surface area (Å²) in [5.41, 5.74) is 8.24. The highest BCUT2D eigenvalue weighted by Gasteiger charge is 2.14. The zero-order chi connectivity index (χ0) is 17.1. The molecule has 0 aliphatic rings. The molecule has 0 amide bonds. The fourth-order valence-corrected chi connectivity index (χ4v) is 2.51. The van der Waals surface area contributed by atoms with E-state index in [1.807, 2.05) is 18.2 Å². The van der Waals surface area contributed by atoms with Crippen LogP contribution < -0.4 is 11.1 Å². The van der Waals surface area contributed by atoms with Crippen LogP contribution in [-0.2, 0) is 13.2 Å². The van der Waals surface area contributed by atoms with Gasteiger partial charge in [0.2, 0.25) is 0 Å². The van der Waals surface area contributed by atoms with E-state index in [-0.39, 0.29) is 12.2 Å². The second kappa shape index (κ2) is 6.51. The Morgan fingerprint density at radius 1 is 1.17 bits per heavy atom. The Kier molecular flexibility index (Phi) is 4.26. The number of hydrogen-bond donors (Lipinski definition) is 4. The van der Waals surface area contributed by atoms with Crippen molar-refractivity contribution in [1.82, 2.24) is 9.97 Å². The number of carbonyl (C=O) groups is 1. The number of carboxylic acid groups (broad SMARTS) is 1. The van der Waals surface area contributed by atoms with Crippen molar-refractivity contribution in [2.45, 2.75) is 13.2 Å². The maximum absolute atomic E-state index is 11.4. The minimum absolute atomic E-state index is 0.0333. The van der Waals surface area contributed by atoms with Crippen molar-refractivity contribution in [2.75, 3.05) is 11.1 Å². The Morgan fingerprint density at radius 2 is 2.00 bits per heavy atom. The summed E-state index contributed by atoms with van der Waals surface area (Å²) < 4.78 is 0. The van der Waals surface area contributed by atoms with Gasteiger partial charge >= 0.3 is 5.97 Å². The lowest BCUT2D eigenvalue weighted by molar-refractivity contribution is 0.0698. The SMILES string of the molecule is Nc1cccc(CNc2ncnc3c(C(=O)O)cc(CO)cc23)c1. The number of carboxylic acids is 1. The maximum atomic E-state index is 11.4. The van der Waals surface area contributed by atoms with Crippen molar-refractivity contribution in [3.8, 4) is 0 Å². The van der Waals surface area contributed by atoms with Crippen LogP contribution in [-0.4, -0.2) is 26.2 Å². The normalized spacial score (nSPS) is 10.7. The second-order valence-corrected chi connectivity index (χ2v) is 5.32. The molecule has 0 saturated carbocycles. The minimum atomic E-state index is -1.10. The fourth-order valence-electron chi connectivity index (χ4n) is 2.51. The topological polar surface area (TPSA) is 121 Å². The van der Waals surface area contributed by atoms with Crippen molar-refractivity contribution in [1.29, 1.82) is 0 Å². The van der Waals surface area contributed by atoms with Gasteiger partial charge in [-0.05, 0) is 35.4 Å². The molecule has 0 bridgehead atoms. The lowest BCUT2D eigenvalue weighted by atomic mass is 10.1. The number of anilines is 2. The van der Waals surface area contributed by atoms with Crippen LogP contribution in [0.4, 0.5) is 11.5 Å². The average molecular weight is 324 g/mol. The van der Waals surface area contributed by atoms with Crippen LogP contribution in [0.5, 0.6) is 0 Å². The predicted octanol–water partition coefficient (Wildman–Crippen LogP) is 2.01. The number of aliphatic hydroxyl groups is 1. The van der Waals surface area contributed by atoms with Crippen LogP contribution >= 0.6 is 0 Å². The van der Waals surface area contributed by atoms with Crippen molar-refractivity contribution >= 4 is 28.4 Å². The van der Waals surface area contributed by atoms with E-state index in [4.69, 9.17) is 5.73 Å². The number of fused-ring (bicyclic) bond motifs is 1. The number of aliphatic hydroxyl groups excluding tert-OH is 1. The standard InChI is InChI=1S/C17H16N4O3/c18-12-3-1-2-10(4-12)7-19-16-13-5-11(8-22)6-14(17(23)24)15(13)20-9-21-16/h1-6,9,22H,7-8,18H2,(H,23,24)(H,19,20,21). The molecule has 7 nitrogen and oxygen atoms in total. The summed E-state index contributed by atoms with van der Waals surface area (Å²) in [4.78, 5) is 19.7. The van der Waals surface area contributed by atoms with Gasteiger partial charge in [-0.15, -0.1) is 0 Å². The first-order valence-electron chi connectivity index (χ1n) is 7.28. The molecule has 0 unspecified atom stereocenters. The molecule has 0 fully saturated rings. The number of nitrogens with two attached hydrogens (primary N) is 1. The van der Waals surface area contributed by atoms with Gasteiger partial charge in [0.25, 0.3) is 0 Å². The van der Waals surface area contributed by atoms with Crippen molar-refractivity contribution in [2.24, 2.45) is 0 Å². The van der Waals surface area contributed by atoms with Gasteiger partial charge in [0.1, 0.15) is 12.1 Å². The zero-order valence-corrected chi connectivity index (χ0v) is 12.7. The van der Waals surface area contributed by atoms with Gasteiger partial charge in [-0.2, -0.15) is 0 Å². The third kappa shape index (κ3) is 3.11. The number of aromatic carboxylic acids is 1. The van der Waals surface area contributed by atoms with Crippen LogP contribution in [0, 0.1) is 0 Å². The van der Waals surface area contributed by atoms with E-state index in [9.17, 15) is 15.0 Å². The number of nitrogens with one attached hydrogen (secondary N) is 1. The molecule has 3 aromatic rings. The van der Waals surface area contributed by atoms with Gasteiger partial charge < -0.3 is 21.3 Å². The van der Waals surface area contributed by atoms with Gasteiger partial charge in [-0.1, -0.05) is 12.1 Å². The summed E-state index contributed by atoms with van der Waals surface area (Å²) >= 11 is 0. The number of aromatic nitrogens is 2. The molecule has 1 aromatic heterocycles. The summed E-state index contributed by atoms with van der Waals surface area (Å²) in [6.07, 6.45) is 1.31. The Labute approximate surface area is 137 Å². The molecule has 122 valence electrons. The van der Waals surface area contributed by atoms with Gasteiger partial charge in [0.05, 0.1) is 17.7 Å². The number of rotatable bonds is 5. The van der Waals surface area contributed by atoms with E-state index in [0.717, 1.165) is 5.56 Å². The highest BCUT2D eigenvalue weighted by molar-refractivity contribution is 6.05. The molecule has 1 heterocycles. The van der Waals surface area contributed by atoms with Crippen LogP contribution in [0.2, 0.25) is 0 Å². The van der Waals surface area contributed by atoms with Crippen molar-refractivity contribution in [3.63, 3.8) is 0 Å². The smallest absolute Gasteiger partial charge is 0.337 e. The zero-order valence-electron chi connectivity index (χ0n) is 12.7. The van der Waals surface area contributed by atoms with Gasteiger partial charge in [-0.3, -0.25) is 0 Å². The fraction of sp³-hybridized carbons (Fsp3) is 0.118. The Balaban J connectivity index is 2.01. The average Bonchev–Trinajstić information content (AvgIpc) is 2.58. The van der Waals surface area contributed by atoms with Gasteiger partial charge in [-0.25, -0.2) is 14.8 Å². The van der Waals surface area contributed by atoms with Crippen LogP contribution in [0.3, 0.4) is 0 Å². The first kappa shape index (κ1) is 15.7. The van der Waals surface area contributed by atoms with Crippen molar-refractivity contribution < 1.29 is 15.0 Å². The van der Waals surface area contributed by atoms with Crippen molar-refractivity contribution in [3.05, 3.63) is 59.4 Å². The van der Waals surface area contributed by atoms with E-state index >= 15 is 0 Å². The molecule has 2 aromatic carbocycles. The predicted molar refractivity (Wildman–Crippen MR) is 90.6 cm³/mol. The summed E-state index contributed by atoms with van der Waals surface area (Å²) in [5.74, 6) is -0.601. The number of hydrogen-bond acceptors (Lipinski definition) is 6. The lowest BCUT2D eigenvalue weighted by Crippen LogP contribution is -2.06. The number of nitrogens with zero attached hydrogens (tertiary/aromatic N) is 2. The highest BCUT2D eigenvalue weighted by Crippen LogP contribution is 2.25. The Bertz CT molecular complexity index is 911. The summed E-state index contributed by atoms with van der Waals surface area (Å²) in [6.45, 7) is 0.211. The van der Waals surface area contributed by atoms with E-state index in [2.05, 4.69) is 15.3 Å². The van der Waals surface area contributed by atoms with Crippen LogP contribution in [0.25, 0.3) is 10.9 Å². The van der Waals surface area contributed by atoms with Gasteiger partial charge in [0, 0.05) is 17.6 Å². The summed E-state index contributed by atoms with van der Waals surface area (Å²) in [7, 11) is 0. The summed E-state index contributed by atoms with van der Waals surface area (Å²) in [6, 6.07) is 10.5. The minimum Gasteiger partial charge on any atom is -0.478 e. The number of nitrogen functional groups attached to an aromatic ring is 1. The van der Waals surface area contributed by atoms with Crippen LogP contribution in [0.1, 0.15) is 21.5 Å². The first-order chi connectivity index (χ1) is 11.6. The Morgan fingerprint density at radius 3 is 2.71 bits per heavy atom. The second-order valence-electron chi connectivity index (χ2n) is 5.32. The van der Waals surface area contributed by atoms with E-state index in [1.165, 1.54) is 12.4 Å². The molecule has 0 atom stereocenters. The highest BCUT2D eigenvalue weighted by atomic mass is 16.4. The molecule has 0 aliphatic carbocycles. The molecule has 5 N–H and O–H groups in total. The molecular weight excluding hydrogens is 308 g/mol. The lowest BCUT2D eigenvalue weighted by Gasteiger charge is -2.11. The van der Waals surface area contributed by atoms with E-state index < -0.39 is 5.97 Å². The molecule has 0 aliphatic heterocycles. The third-order valence-electron chi connectivity index (χ3n) is 3.62. The quantitative estimate of drug-likeness (QED) is 0.530. The molecule has 24 heavy (non-hydrogen) atoms. The largest absolute Gasteiger partial charge is 0.478 e. The molecule has 0 saturated heterocycles. The molecule has 0 radical (unpaired) electrons. The molecule has 7 heteroatoms. The Hall–Kier alpha value is -3.19. The molecule has 3 rings (SSSR count). The maximum Gasteiger partial charge on any atom is 0.337 e. The third-order valence-corrected chi connectivity index (χ3v) is 3.62. The molecular formula is C17H16N4O3. The van der Waals surface area contributed by atoms with E-state index in [1.54, 1.807) is 12.1 Å². The monoisotopic (exact) mass is 324 g/mol. The summed E-state index contributed by atoms with van der Waals surface area (Å²) in [5, 5.41) is 22.4. The van der Waals surface area contributed by atoms with E-state index in [0.29, 0.717) is 34.5 Å². The van der Waals surface area contributed by atoms with Gasteiger partial charge in [0.15, 0.2) is 0 Å². The first-order valence-corrected chi connectivity index (χ1v) is 7.28. The molecule has 0 spiro atoms. The number of benzene rings is 2.